The molecule has 0 aliphatic carbocycles. The molecule has 2 aromatic rings. The lowest BCUT2D eigenvalue weighted by atomic mass is 10.1. The van der Waals surface area contributed by atoms with E-state index in [-0.39, 0.29) is 32.1 Å². The summed E-state index contributed by atoms with van der Waals surface area (Å²) in [5.74, 6) is -0.671. The summed E-state index contributed by atoms with van der Waals surface area (Å²) in [4.78, 5) is 24.5. The second-order valence-electron chi connectivity index (χ2n) is 6.58. The van der Waals surface area contributed by atoms with Gasteiger partial charge in [-0.25, -0.2) is 8.42 Å². The Labute approximate surface area is 178 Å². The second-order valence-corrected chi connectivity index (χ2v) is 9.07. The zero-order chi connectivity index (χ0) is 21.0. The molecule has 1 atom stereocenters. The largest absolute Gasteiger partial charge is 0.354 e. The van der Waals surface area contributed by atoms with Gasteiger partial charge in [-0.05, 0) is 55.7 Å². The van der Waals surface area contributed by atoms with Crippen LogP contribution in [0.5, 0.6) is 0 Å². The van der Waals surface area contributed by atoms with Crippen LogP contribution in [0.2, 0.25) is 10.0 Å². The molecule has 0 saturated carbocycles. The van der Waals surface area contributed by atoms with E-state index in [4.69, 9.17) is 23.2 Å². The fraction of sp³-hybridized carbons (Fsp3) is 0.263. The first-order chi connectivity index (χ1) is 13.8. The summed E-state index contributed by atoms with van der Waals surface area (Å²) in [6.45, 7) is 0.594. The summed E-state index contributed by atoms with van der Waals surface area (Å²) in [6, 6.07) is 9.37. The van der Waals surface area contributed by atoms with Crippen LogP contribution >= 0.6 is 23.2 Å². The van der Waals surface area contributed by atoms with Gasteiger partial charge in [0.1, 0.15) is 6.04 Å². The van der Waals surface area contributed by atoms with Gasteiger partial charge < -0.3 is 10.6 Å². The van der Waals surface area contributed by atoms with Crippen LogP contribution in [0.25, 0.3) is 0 Å². The molecular formula is C19H19Cl2N3O4S. The zero-order valence-electron chi connectivity index (χ0n) is 15.2. The van der Waals surface area contributed by atoms with E-state index in [1.54, 1.807) is 12.1 Å². The van der Waals surface area contributed by atoms with Gasteiger partial charge in [0, 0.05) is 17.8 Å². The van der Waals surface area contributed by atoms with Crippen LogP contribution < -0.4 is 15.4 Å². The lowest BCUT2D eigenvalue weighted by molar-refractivity contribution is -0.122. The molecule has 1 aliphatic heterocycles. The smallest absolute Gasteiger partial charge is 0.261 e. The first-order valence-electron chi connectivity index (χ1n) is 8.93. The zero-order valence-corrected chi connectivity index (χ0v) is 17.6. The van der Waals surface area contributed by atoms with E-state index < -0.39 is 22.0 Å². The number of benzene rings is 2. The van der Waals surface area contributed by atoms with Crippen molar-refractivity contribution in [3.8, 4) is 0 Å². The molecule has 1 fully saturated rings. The SMILES string of the molecule is O=C(NC1CCCCNC1=O)c1cccc(NS(=O)(=O)c2ccc(Cl)c(Cl)c2)c1. The highest BCUT2D eigenvalue weighted by Crippen LogP contribution is 2.26. The number of carbonyl (C=O) groups is 2. The minimum absolute atomic E-state index is 0.0584. The van der Waals surface area contributed by atoms with E-state index in [0.29, 0.717) is 13.0 Å². The van der Waals surface area contributed by atoms with Crippen molar-refractivity contribution in [1.82, 2.24) is 10.6 Å². The van der Waals surface area contributed by atoms with E-state index in [2.05, 4.69) is 15.4 Å². The highest BCUT2D eigenvalue weighted by Gasteiger charge is 2.23. The number of rotatable bonds is 5. The Bertz CT molecular complexity index is 1040. The number of nitrogens with one attached hydrogen (secondary N) is 3. The minimum atomic E-state index is -3.92. The molecule has 0 spiro atoms. The number of hydrogen-bond acceptors (Lipinski definition) is 4. The van der Waals surface area contributed by atoms with Gasteiger partial charge >= 0.3 is 0 Å². The van der Waals surface area contributed by atoms with Gasteiger partial charge in [0.25, 0.3) is 15.9 Å². The number of carbonyl (C=O) groups excluding carboxylic acids is 2. The molecule has 7 nitrogen and oxygen atoms in total. The monoisotopic (exact) mass is 455 g/mol. The third-order valence-corrected chi connectivity index (χ3v) is 6.54. The van der Waals surface area contributed by atoms with Crippen molar-refractivity contribution in [2.24, 2.45) is 0 Å². The quantitative estimate of drug-likeness (QED) is 0.643. The van der Waals surface area contributed by atoms with Crippen molar-refractivity contribution < 1.29 is 18.0 Å². The average molecular weight is 456 g/mol. The van der Waals surface area contributed by atoms with Gasteiger partial charge in [-0.3, -0.25) is 14.3 Å². The van der Waals surface area contributed by atoms with Gasteiger partial charge in [0.05, 0.1) is 14.9 Å². The van der Waals surface area contributed by atoms with Crippen molar-refractivity contribution in [2.45, 2.75) is 30.2 Å². The molecule has 3 N–H and O–H groups in total. The van der Waals surface area contributed by atoms with Crippen LogP contribution in [0.1, 0.15) is 29.6 Å². The number of sulfonamides is 1. The van der Waals surface area contributed by atoms with Crippen LogP contribution in [-0.4, -0.2) is 32.8 Å². The Morgan fingerprint density at radius 1 is 1.07 bits per heavy atom. The third-order valence-electron chi connectivity index (χ3n) is 4.42. The first-order valence-corrected chi connectivity index (χ1v) is 11.2. The Kier molecular flexibility index (Phi) is 6.66. The fourth-order valence-electron chi connectivity index (χ4n) is 2.90. The van der Waals surface area contributed by atoms with Crippen molar-refractivity contribution in [3.63, 3.8) is 0 Å². The summed E-state index contributed by atoms with van der Waals surface area (Å²) in [5, 5.41) is 5.81. The summed E-state index contributed by atoms with van der Waals surface area (Å²) < 4.78 is 27.6. The molecule has 1 saturated heterocycles. The van der Waals surface area contributed by atoms with E-state index in [0.717, 1.165) is 12.8 Å². The first kappa shape index (κ1) is 21.4. The molecule has 3 rings (SSSR count). The van der Waals surface area contributed by atoms with E-state index >= 15 is 0 Å². The van der Waals surface area contributed by atoms with E-state index in [9.17, 15) is 18.0 Å². The Morgan fingerprint density at radius 2 is 1.86 bits per heavy atom. The van der Waals surface area contributed by atoms with Crippen molar-refractivity contribution in [3.05, 3.63) is 58.1 Å². The number of amides is 2. The van der Waals surface area contributed by atoms with Crippen LogP contribution in [0.15, 0.2) is 47.4 Å². The van der Waals surface area contributed by atoms with Crippen LogP contribution in [0.3, 0.4) is 0 Å². The summed E-state index contributed by atoms with van der Waals surface area (Å²) in [6.07, 6.45) is 2.25. The normalized spacial score (nSPS) is 17.2. The average Bonchev–Trinajstić information content (AvgIpc) is 2.88. The topological polar surface area (TPSA) is 104 Å². The molecule has 0 radical (unpaired) electrons. The lowest BCUT2D eigenvalue weighted by Crippen LogP contribution is -2.45. The van der Waals surface area contributed by atoms with Gasteiger partial charge in [0.2, 0.25) is 5.91 Å². The van der Waals surface area contributed by atoms with Crippen LogP contribution in [0.4, 0.5) is 5.69 Å². The van der Waals surface area contributed by atoms with Gasteiger partial charge in [-0.2, -0.15) is 0 Å². The van der Waals surface area contributed by atoms with Crippen LogP contribution in [0, 0.1) is 0 Å². The predicted octanol–water partition coefficient (Wildman–Crippen LogP) is 3.19. The number of hydrogen-bond donors (Lipinski definition) is 3. The Morgan fingerprint density at radius 3 is 2.62 bits per heavy atom. The van der Waals surface area contributed by atoms with Gasteiger partial charge in [-0.1, -0.05) is 29.3 Å². The molecular weight excluding hydrogens is 437 g/mol. The molecule has 10 heteroatoms. The fourth-order valence-corrected chi connectivity index (χ4v) is 4.34. The molecule has 1 heterocycles. The van der Waals surface area contributed by atoms with Gasteiger partial charge in [-0.15, -0.1) is 0 Å². The molecule has 0 bridgehead atoms. The van der Waals surface area contributed by atoms with E-state index in [1.807, 2.05) is 0 Å². The summed E-state index contributed by atoms with van der Waals surface area (Å²) >= 11 is 11.7. The Balaban J connectivity index is 1.75. The standard InChI is InChI=1S/C19H19Cl2N3O4S/c20-15-8-7-14(11-16(15)21)29(27,28)24-13-5-3-4-12(10-13)18(25)23-17-6-1-2-9-22-19(17)26/h3-5,7-8,10-11,17,24H,1-2,6,9H2,(H,22,26)(H,23,25). The summed E-state index contributed by atoms with van der Waals surface area (Å²) in [7, 11) is -3.92. The maximum Gasteiger partial charge on any atom is 0.261 e. The summed E-state index contributed by atoms with van der Waals surface area (Å²) in [5.41, 5.74) is 0.436. The van der Waals surface area contributed by atoms with Crippen LogP contribution in [-0.2, 0) is 14.8 Å². The minimum Gasteiger partial charge on any atom is -0.354 e. The van der Waals surface area contributed by atoms with E-state index in [1.165, 1.54) is 30.3 Å². The van der Waals surface area contributed by atoms with Crippen molar-refractivity contribution in [1.29, 1.82) is 0 Å². The molecule has 154 valence electrons. The molecule has 0 aromatic heterocycles. The number of anilines is 1. The molecule has 2 amide bonds. The lowest BCUT2D eigenvalue weighted by Gasteiger charge is -2.16. The molecule has 1 unspecified atom stereocenters. The molecule has 2 aromatic carbocycles. The molecule has 1 aliphatic rings. The number of halogens is 2. The Hall–Kier alpha value is -2.29. The second kappa shape index (κ2) is 9.02. The highest BCUT2D eigenvalue weighted by molar-refractivity contribution is 7.92. The maximum absolute atomic E-state index is 12.6. The van der Waals surface area contributed by atoms with Gasteiger partial charge in [0.15, 0.2) is 0 Å². The van der Waals surface area contributed by atoms with Crippen molar-refractivity contribution >= 4 is 50.7 Å². The maximum atomic E-state index is 12.6. The van der Waals surface area contributed by atoms with Crippen molar-refractivity contribution in [2.75, 3.05) is 11.3 Å². The third kappa shape index (κ3) is 5.41. The highest BCUT2D eigenvalue weighted by atomic mass is 35.5. The predicted molar refractivity (Wildman–Crippen MR) is 112 cm³/mol. The molecule has 29 heavy (non-hydrogen) atoms.